The minimum absolute atomic E-state index is 0.213. The largest absolute Gasteiger partial charge is 0.391 e. The summed E-state index contributed by atoms with van der Waals surface area (Å²) >= 11 is 0. The molecule has 1 heterocycles. The normalized spacial score (nSPS) is 20.9. The summed E-state index contributed by atoms with van der Waals surface area (Å²) in [6.45, 7) is 7.51. The third-order valence-electron chi connectivity index (χ3n) is 3.68. The van der Waals surface area contributed by atoms with Crippen LogP contribution in [0.3, 0.4) is 0 Å². The van der Waals surface area contributed by atoms with Gasteiger partial charge in [0.25, 0.3) is 0 Å². The number of β-amino-alcohol motifs (C(OH)–C–C–N with tert-alkyl or cyclic N) is 1. The van der Waals surface area contributed by atoms with Gasteiger partial charge in [0.05, 0.1) is 6.10 Å². The monoisotopic (exact) mass is 241 g/mol. The molecule has 100 valence electrons. The van der Waals surface area contributed by atoms with Crippen molar-refractivity contribution in [2.75, 3.05) is 13.1 Å². The molecule has 1 fully saturated rings. The van der Waals surface area contributed by atoms with Crippen molar-refractivity contribution < 1.29 is 9.90 Å². The molecule has 0 aromatic heterocycles. The first-order chi connectivity index (χ1) is 7.97. The Morgan fingerprint density at radius 3 is 2.59 bits per heavy atom. The zero-order chi connectivity index (χ0) is 12.9. The fourth-order valence-electron chi connectivity index (χ4n) is 2.45. The number of amides is 1. The average Bonchev–Trinajstić information content (AvgIpc) is 2.70. The average molecular weight is 241 g/mol. The van der Waals surface area contributed by atoms with Crippen molar-refractivity contribution in [3.8, 4) is 0 Å². The van der Waals surface area contributed by atoms with Gasteiger partial charge in [-0.2, -0.15) is 0 Å². The van der Waals surface area contributed by atoms with Crippen LogP contribution in [-0.4, -0.2) is 35.1 Å². The van der Waals surface area contributed by atoms with Crippen molar-refractivity contribution in [3.05, 3.63) is 0 Å². The maximum Gasteiger partial charge on any atom is 0.228 e. The van der Waals surface area contributed by atoms with Gasteiger partial charge in [-0.15, -0.1) is 0 Å². The van der Waals surface area contributed by atoms with E-state index in [4.69, 9.17) is 0 Å². The minimum atomic E-state index is -0.310. The van der Waals surface area contributed by atoms with Gasteiger partial charge in [0, 0.05) is 18.5 Å². The Morgan fingerprint density at radius 2 is 2.06 bits per heavy atom. The van der Waals surface area contributed by atoms with Crippen LogP contribution in [0.15, 0.2) is 0 Å². The number of rotatable bonds is 6. The molecular weight excluding hydrogens is 214 g/mol. The van der Waals surface area contributed by atoms with Crippen molar-refractivity contribution in [2.24, 2.45) is 5.41 Å². The molecule has 0 aromatic carbocycles. The zero-order valence-corrected chi connectivity index (χ0v) is 11.5. The van der Waals surface area contributed by atoms with E-state index in [1.165, 1.54) is 19.3 Å². The van der Waals surface area contributed by atoms with E-state index >= 15 is 0 Å². The van der Waals surface area contributed by atoms with Crippen LogP contribution in [0.5, 0.6) is 0 Å². The number of unbranched alkanes of at least 4 members (excludes halogenated alkanes) is 3. The molecule has 3 nitrogen and oxygen atoms in total. The lowest BCUT2D eigenvalue weighted by Gasteiger charge is -2.29. The maximum absolute atomic E-state index is 12.3. The number of aliphatic hydroxyl groups is 1. The van der Waals surface area contributed by atoms with Gasteiger partial charge < -0.3 is 10.0 Å². The third kappa shape index (κ3) is 4.30. The summed E-state index contributed by atoms with van der Waals surface area (Å²) in [4.78, 5) is 14.1. The standard InChI is InChI=1S/C14H27NO2/c1-4-5-6-7-9-14(2,3)13(17)15-10-8-12(16)11-15/h12,16H,4-11H2,1-3H3/t12-/m1/s1. The second kappa shape index (κ2) is 6.39. The predicted octanol–water partition coefficient (Wildman–Crippen LogP) is 2.58. The van der Waals surface area contributed by atoms with Gasteiger partial charge in [0.2, 0.25) is 5.91 Å². The highest BCUT2D eigenvalue weighted by Gasteiger charge is 2.34. The molecule has 3 heteroatoms. The molecule has 1 amide bonds. The molecule has 1 aliphatic heterocycles. The summed E-state index contributed by atoms with van der Waals surface area (Å²) in [5, 5.41) is 9.47. The number of hydrogen-bond donors (Lipinski definition) is 1. The molecule has 0 unspecified atom stereocenters. The summed E-state index contributed by atoms with van der Waals surface area (Å²) < 4.78 is 0. The highest BCUT2D eigenvalue weighted by Crippen LogP contribution is 2.28. The molecule has 1 atom stereocenters. The number of carbonyl (C=O) groups is 1. The van der Waals surface area contributed by atoms with Gasteiger partial charge in [-0.3, -0.25) is 4.79 Å². The van der Waals surface area contributed by atoms with Gasteiger partial charge in [-0.25, -0.2) is 0 Å². The van der Waals surface area contributed by atoms with E-state index in [2.05, 4.69) is 6.92 Å². The van der Waals surface area contributed by atoms with Gasteiger partial charge in [0.1, 0.15) is 0 Å². The summed E-state index contributed by atoms with van der Waals surface area (Å²) in [6, 6.07) is 0. The smallest absolute Gasteiger partial charge is 0.228 e. The Morgan fingerprint density at radius 1 is 1.35 bits per heavy atom. The predicted molar refractivity (Wildman–Crippen MR) is 69.7 cm³/mol. The lowest BCUT2D eigenvalue weighted by molar-refractivity contribution is -0.140. The fourth-order valence-corrected chi connectivity index (χ4v) is 2.45. The Balaban J connectivity index is 2.37. The second-order valence-corrected chi connectivity index (χ2v) is 5.89. The summed E-state index contributed by atoms with van der Waals surface area (Å²) in [7, 11) is 0. The van der Waals surface area contributed by atoms with Crippen molar-refractivity contribution in [1.82, 2.24) is 4.90 Å². The van der Waals surface area contributed by atoms with E-state index < -0.39 is 0 Å². The number of hydrogen-bond acceptors (Lipinski definition) is 2. The molecule has 0 bridgehead atoms. The quantitative estimate of drug-likeness (QED) is 0.726. The number of nitrogens with zero attached hydrogens (tertiary/aromatic N) is 1. The highest BCUT2D eigenvalue weighted by molar-refractivity contribution is 5.82. The van der Waals surface area contributed by atoms with Crippen LogP contribution >= 0.6 is 0 Å². The molecule has 1 aliphatic rings. The first-order valence-corrected chi connectivity index (χ1v) is 6.95. The van der Waals surface area contributed by atoms with E-state index in [9.17, 15) is 9.90 Å². The van der Waals surface area contributed by atoms with Gasteiger partial charge in [-0.1, -0.05) is 46.5 Å². The summed E-state index contributed by atoms with van der Waals surface area (Å²) in [5.74, 6) is 0.213. The number of carbonyl (C=O) groups excluding carboxylic acids is 1. The van der Waals surface area contributed by atoms with Crippen molar-refractivity contribution in [3.63, 3.8) is 0 Å². The van der Waals surface area contributed by atoms with E-state index in [0.29, 0.717) is 6.54 Å². The van der Waals surface area contributed by atoms with Crippen LogP contribution in [0.25, 0.3) is 0 Å². The van der Waals surface area contributed by atoms with Crippen LogP contribution in [0.4, 0.5) is 0 Å². The topological polar surface area (TPSA) is 40.5 Å². The fraction of sp³-hybridized carbons (Fsp3) is 0.929. The SMILES string of the molecule is CCCCCCC(C)(C)C(=O)N1CC[C@@H](O)C1. The van der Waals surface area contributed by atoms with E-state index in [1.807, 2.05) is 18.7 Å². The van der Waals surface area contributed by atoms with Crippen LogP contribution in [0.1, 0.15) is 59.3 Å². The Hall–Kier alpha value is -0.570. The summed E-state index contributed by atoms with van der Waals surface area (Å²) in [6.07, 6.45) is 6.21. The minimum Gasteiger partial charge on any atom is -0.391 e. The molecule has 17 heavy (non-hydrogen) atoms. The molecular formula is C14H27NO2. The molecule has 0 spiro atoms. The van der Waals surface area contributed by atoms with E-state index in [0.717, 1.165) is 25.8 Å². The lowest BCUT2D eigenvalue weighted by Crippen LogP contribution is -2.40. The molecule has 0 aliphatic carbocycles. The van der Waals surface area contributed by atoms with Crippen molar-refractivity contribution in [2.45, 2.75) is 65.4 Å². The van der Waals surface area contributed by atoms with E-state index in [-0.39, 0.29) is 17.4 Å². The Kier molecular flexibility index (Phi) is 5.44. The molecule has 0 radical (unpaired) electrons. The molecule has 0 saturated carbocycles. The zero-order valence-electron chi connectivity index (χ0n) is 11.5. The van der Waals surface area contributed by atoms with Crippen LogP contribution < -0.4 is 0 Å². The molecule has 1 N–H and O–H groups in total. The van der Waals surface area contributed by atoms with Gasteiger partial charge in [0.15, 0.2) is 0 Å². The summed E-state index contributed by atoms with van der Waals surface area (Å²) in [5.41, 5.74) is -0.266. The molecule has 1 saturated heterocycles. The maximum atomic E-state index is 12.3. The first-order valence-electron chi connectivity index (χ1n) is 6.95. The highest BCUT2D eigenvalue weighted by atomic mass is 16.3. The van der Waals surface area contributed by atoms with Crippen LogP contribution in [-0.2, 0) is 4.79 Å². The van der Waals surface area contributed by atoms with Gasteiger partial charge >= 0.3 is 0 Å². The van der Waals surface area contributed by atoms with Gasteiger partial charge in [-0.05, 0) is 12.8 Å². The van der Waals surface area contributed by atoms with Crippen LogP contribution in [0.2, 0.25) is 0 Å². The number of likely N-dealkylation sites (tertiary alicyclic amines) is 1. The first kappa shape index (κ1) is 14.5. The third-order valence-corrected chi connectivity index (χ3v) is 3.68. The lowest BCUT2D eigenvalue weighted by atomic mass is 9.85. The molecule has 1 rings (SSSR count). The number of aliphatic hydroxyl groups excluding tert-OH is 1. The molecule has 0 aromatic rings. The Labute approximate surface area is 105 Å². The second-order valence-electron chi connectivity index (χ2n) is 5.89. The van der Waals surface area contributed by atoms with Crippen LogP contribution in [0, 0.1) is 5.41 Å². The van der Waals surface area contributed by atoms with Crippen molar-refractivity contribution in [1.29, 1.82) is 0 Å². The van der Waals surface area contributed by atoms with Crippen molar-refractivity contribution >= 4 is 5.91 Å². The Bertz CT molecular complexity index is 251. The van der Waals surface area contributed by atoms with E-state index in [1.54, 1.807) is 0 Å².